The molecule has 0 amide bonds. The first-order valence-corrected chi connectivity index (χ1v) is 4.22. The number of aliphatic hydroxyl groups is 2. The second-order valence-electron chi connectivity index (χ2n) is 3.78. The Morgan fingerprint density at radius 3 is 2.36 bits per heavy atom. The first-order chi connectivity index (χ1) is 5.24. The molecule has 2 aliphatic carbocycles. The molecule has 0 radical (unpaired) electrons. The average Bonchev–Trinajstić information content (AvgIpc) is 2.53. The molecule has 2 N–H and O–H groups in total. The van der Waals surface area contributed by atoms with Gasteiger partial charge in [0.05, 0.1) is 12.2 Å². The minimum atomic E-state index is -0.489. The number of hydrogen-bond donors (Lipinski definition) is 2. The number of rotatable bonds is 1. The Hall–Kier alpha value is -0.340. The van der Waals surface area contributed by atoms with Crippen molar-refractivity contribution in [3.8, 4) is 0 Å². The molecular weight excluding hydrogens is 140 g/mol. The molecule has 0 aromatic carbocycles. The van der Waals surface area contributed by atoms with Gasteiger partial charge in [0.2, 0.25) is 0 Å². The first-order valence-electron chi connectivity index (χ1n) is 4.22. The molecule has 2 bridgehead atoms. The van der Waals surface area contributed by atoms with Crippen LogP contribution in [0.15, 0.2) is 12.7 Å². The second kappa shape index (κ2) is 2.32. The lowest BCUT2D eigenvalue weighted by atomic mass is 9.85. The van der Waals surface area contributed by atoms with E-state index in [1.54, 1.807) is 0 Å². The van der Waals surface area contributed by atoms with Crippen molar-refractivity contribution in [2.24, 2.45) is 17.8 Å². The summed E-state index contributed by atoms with van der Waals surface area (Å²) < 4.78 is 0. The van der Waals surface area contributed by atoms with E-state index >= 15 is 0 Å². The fourth-order valence-electron chi connectivity index (χ4n) is 2.62. The van der Waals surface area contributed by atoms with Gasteiger partial charge in [-0.05, 0) is 30.6 Å². The van der Waals surface area contributed by atoms with E-state index in [4.69, 9.17) is 0 Å². The van der Waals surface area contributed by atoms with Crippen LogP contribution in [0.5, 0.6) is 0 Å². The zero-order valence-corrected chi connectivity index (χ0v) is 6.48. The Morgan fingerprint density at radius 1 is 1.18 bits per heavy atom. The van der Waals surface area contributed by atoms with Crippen LogP contribution in [-0.4, -0.2) is 22.4 Å². The lowest BCUT2D eigenvalue weighted by Crippen LogP contribution is -2.35. The Labute approximate surface area is 66.5 Å². The van der Waals surface area contributed by atoms with Crippen molar-refractivity contribution in [2.75, 3.05) is 0 Å². The zero-order chi connectivity index (χ0) is 8.01. The van der Waals surface area contributed by atoms with E-state index < -0.39 is 12.2 Å². The third-order valence-corrected chi connectivity index (χ3v) is 3.27. The van der Waals surface area contributed by atoms with Crippen molar-refractivity contribution in [1.82, 2.24) is 0 Å². The van der Waals surface area contributed by atoms with E-state index in [0.29, 0.717) is 11.8 Å². The molecule has 0 saturated heterocycles. The molecule has 2 aliphatic rings. The number of fused-ring (bicyclic) bond motifs is 2. The van der Waals surface area contributed by atoms with Crippen LogP contribution in [0.2, 0.25) is 0 Å². The van der Waals surface area contributed by atoms with E-state index in [2.05, 4.69) is 6.58 Å². The highest BCUT2D eigenvalue weighted by atomic mass is 16.3. The maximum absolute atomic E-state index is 9.49. The molecule has 0 aromatic heterocycles. The van der Waals surface area contributed by atoms with Gasteiger partial charge in [-0.15, -0.1) is 6.58 Å². The molecule has 62 valence electrons. The molecule has 0 aliphatic heterocycles. The zero-order valence-electron chi connectivity index (χ0n) is 6.48. The molecule has 2 heteroatoms. The largest absolute Gasteiger partial charge is 0.390 e. The van der Waals surface area contributed by atoms with E-state index in [0.717, 1.165) is 12.8 Å². The third kappa shape index (κ3) is 0.861. The Morgan fingerprint density at radius 2 is 1.91 bits per heavy atom. The van der Waals surface area contributed by atoms with Gasteiger partial charge in [-0.3, -0.25) is 0 Å². The van der Waals surface area contributed by atoms with E-state index in [1.165, 1.54) is 0 Å². The summed E-state index contributed by atoms with van der Waals surface area (Å²) in [6.07, 6.45) is 2.97. The number of hydrogen-bond acceptors (Lipinski definition) is 2. The summed E-state index contributed by atoms with van der Waals surface area (Å²) in [6.45, 7) is 3.73. The Bertz CT molecular complexity index is 176. The van der Waals surface area contributed by atoms with Gasteiger partial charge in [0.1, 0.15) is 0 Å². The van der Waals surface area contributed by atoms with Gasteiger partial charge in [-0.1, -0.05) is 6.08 Å². The Balaban J connectivity index is 2.15. The van der Waals surface area contributed by atoms with Crippen molar-refractivity contribution < 1.29 is 10.2 Å². The summed E-state index contributed by atoms with van der Waals surface area (Å²) in [7, 11) is 0. The molecule has 5 atom stereocenters. The average molecular weight is 154 g/mol. The topological polar surface area (TPSA) is 40.5 Å². The first kappa shape index (κ1) is 7.32. The molecule has 11 heavy (non-hydrogen) atoms. The van der Waals surface area contributed by atoms with Gasteiger partial charge in [0.25, 0.3) is 0 Å². The van der Waals surface area contributed by atoms with Crippen LogP contribution >= 0.6 is 0 Å². The van der Waals surface area contributed by atoms with Crippen LogP contribution in [0.1, 0.15) is 12.8 Å². The van der Waals surface area contributed by atoms with Crippen LogP contribution in [0.4, 0.5) is 0 Å². The van der Waals surface area contributed by atoms with Gasteiger partial charge in [-0.2, -0.15) is 0 Å². The molecule has 0 unspecified atom stereocenters. The molecule has 2 saturated carbocycles. The van der Waals surface area contributed by atoms with Crippen LogP contribution < -0.4 is 0 Å². The van der Waals surface area contributed by atoms with Gasteiger partial charge >= 0.3 is 0 Å². The SMILES string of the molecule is C=C[C@H]1C[C@@H]2C[C@H]1[C@@H](O)[C@H]2O. The quantitative estimate of drug-likeness (QED) is 0.541. The van der Waals surface area contributed by atoms with Crippen molar-refractivity contribution in [3.63, 3.8) is 0 Å². The highest BCUT2D eigenvalue weighted by Crippen LogP contribution is 2.48. The van der Waals surface area contributed by atoms with Crippen LogP contribution in [0, 0.1) is 17.8 Å². The standard InChI is InChI=1S/C9H14O2/c1-2-5-3-6-4-7(5)9(11)8(6)10/h2,5-11H,1,3-4H2/t5-,6+,7+,8-,9+/m0/s1. The summed E-state index contributed by atoms with van der Waals surface area (Å²) in [6, 6.07) is 0. The number of aliphatic hydroxyl groups excluding tert-OH is 2. The van der Waals surface area contributed by atoms with Crippen LogP contribution in [-0.2, 0) is 0 Å². The van der Waals surface area contributed by atoms with Crippen molar-refractivity contribution in [3.05, 3.63) is 12.7 Å². The van der Waals surface area contributed by atoms with Crippen molar-refractivity contribution >= 4 is 0 Å². The van der Waals surface area contributed by atoms with Gasteiger partial charge in [0, 0.05) is 0 Å². The maximum Gasteiger partial charge on any atom is 0.0835 e. The summed E-state index contributed by atoms with van der Waals surface area (Å²) in [5.74, 6) is 1.06. The fraction of sp³-hybridized carbons (Fsp3) is 0.778. The lowest BCUT2D eigenvalue weighted by Gasteiger charge is -2.27. The van der Waals surface area contributed by atoms with Crippen molar-refractivity contribution in [2.45, 2.75) is 25.0 Å². The molecule has 0 heterocycles. The fourth-order valence-corrected chi connectivity index (χ4v) is 2.62. The predicted molar refractivity (Wildman–Crippen MR) is 41.9 cm³/mol. The van der Waals surface area contributed by atoms with Crippen LogP contribution in [0.3, 0.4) is 0 Å². The smallest absolute Gasteiger partial charge is 0.0835 e. The normalized spacial score (nSPS) is 54.9. The van der Waals surface area contributed by atoms with E-state index in [1.807, 2.05) is 6.08 Å². The maximum atomic E-state index is 9.49. The molecule has 2 fully saturated rings. The highest BCUT2D eigenvalue weighted by molar-refractivity contribution is 5.05. The van der Waals surface area contributed by atoms with E-state index in [-0.39, 0.29) is 5.92 Å². The van der Waals surface area contributed by atoms with Crippen LogP contribution in [0.25, 0.3) is 0 Å². The summed E-state index contributed by atoms with van der Waals surface area (Å²) >= 11 is 0. The summed E-state index contributed by atoms with van der Waals surface area (Å²) in [5.41, 5.74) is 0. The van der Waals surface area contributed by atoms with Gasteiger partial charge < -0.3 is 10.2 Å². The third-order valence-electron chi connectivity index (χ3n) is 3.27. The minimum Gasteiger partial charge on any atom is -0.390 e. The predicted octanol–water partition coefficient (Wildman–Crippen LogP) is 0.550. The van der Waals surface area contributed by atoms with E-state index in [9.17, 15) is 10.2 Å². The second-order valence-corrected chi connectivity index (χ2v) is 3.78. The molecular formula is C9H14O2. The lowest BCUT2D eigenvalue weighted by molar-refractivity contribution is -0.0268. The van der Waals surface area contributed by atoms with Crippen molar-refractivity contribution in [1.29, 1.82) is 0 Å². The highest BCUT2D eigenvalue weighted by Gasteiger charge is 2.50. The minimum absolute atomic E-state index is 0.285. The molecule has 2 nitrogen and oxygen atoms in total. The van der Waals surface area contributed by atoms with Gasteiger partial charge in [-0.25, -0.2) is 0 Å². The summed E-state index contributed by atoms with van der Waals surface area (Å²) in [4.78, 5) is 0. The summed E-state index contributed by atoms with van der Waals surface area (Å²) in [5, 5.41) is 18.9. The number of allylic oxidation sites excluding steroid dienone is 1. The molecule has 0 aromatic rings. The Kier molecular flexibility index (Phi) is 1.55. The molecule has 0 spiro atoms. The molecule has 2 rings (SSSR count). The van der Waals surface area contributed by atoms with Gasteiger partial charge in [0.15, 0.2) is 0 Å². The monoisotopic (exact) mass is 154 g/mol.